The van der Waals surface area contributed by atoms with Gasteiger partial charge in [-0.2, -0.15) is 0 Å². The topological polar surface area (TPSA) is 86.7 Å². The maximum absolute atomic E-state index is 13.4. The molecule has 0 saturated heterocycles. The molecular formula is C29H26O6. The van der Waals surface area contributed by atoms with Crippen LogP contribution in [0.25, 0.3) is 6.08 Å². The van der Waals surface area contributed by atoms with Crippen LogP contribution in [-0.4, -0.2) is 37.5 Å². The van der Waals surface area contributed by atoms with E-state index in [1.807, 2.05) is 0 Å². The minimum absolute atomic E-state index is 0.0116. The fraction of sp³-hybridized carbons (Fsp3) is 0.172. The maximum Gasteiger partial charge on any atom is 0.337 e. The minimum atomic E-state index is -0.498. The van der Waals surface area contributed by atoms with Crippen molar-refractivity contribution < 1.29 is 28.7 Å². The van der Waals surface area contributed by atoms with Crippen molar-refractivity contribution in [2.24, 2.45) is 0 Å². The van der Waals surface area contributed by atoms with Crippen molar-refractivity contribution in [2.45, 2.75) is 19.8 Å². The fourth-order valence-electron chi connectivity index (χ4n) is 3.65. The minimum Gasteiger partial charge on any atom is -0.496 e. The van der Waals surface area contributed by atoms with Crippen LogP contribution in [0, 0.1) is 0 Å². The molecule has 0 aliphatic rings. The van der Waals surface area contributed by atoms with Crippen LogP contribution in [0.1, 0.15) is 55.5 Å². The molecule has 0 spiro atoms. The Balaban J connectivity index is 1.97. The SMILES string of the molecule is COC(=O)c1cccc(CC(=O)/C(=C\c2cccc(C(C)=O)c2)CC(=O)c2ccccc2OC)c1. The quantitative estimate of drug-likeness (QED) is 0.231. The largest absolute Gasteiger partial charge is 0.496 e. The first-order valence-corrected chi connectivity index (χ1v) is 11.0. The molecule has 0 amide bonds. The summed E-state index contributed by atoms with van der Waals surface area (Å²) in [4.78, 5) is 50.2. The molecule has 0 unspecified atom stereocenters. The number of benzene rings is 3. The van der Waals surface area contributed by atoms with Crippen LogP contribution in [0.15, 0.2) is 78.4 Å². The Hall–Kier alpha value is -4.32. The van der Waals surface area contributed by atoms with E-state index in [9.17, 15) is 19.2 Å². The number of allylic oxidation sites excluding steroid dienone is 1. The van der Waals surface area contributed by atoms with Gasteiger partial charge in [-0.1, -0.05) is 42.5 Å². The molecule has 178 valence electrons. The summed E-state index contributed by atoms with van der Waals surface area (Å²) < 4.78 is 10.1. The van der Waals surface area contributed by atoms with E-state index in [1.54, 1.807) is 78.9 Å². The monoisotopic (exact) mass is 470 g/mol. The Morgan fingerprint density at radius 3 is 2.26 bits per heavy atom. The molecule has 3 rings (SSSR count). The number of ether oxygens (including phenoxy) is 2. The molecule has 0 saturated carbocycles. The summed E-state index contributed by atoms with van der Waals surface area (Å²) in [5.74, 6) is -0.717. The zero-order valence-electron chi connectivity index (χ0n) is 19.9. The number of ketones is 3. The number of Topliss-reactive ketones (excluding diaryl/α,β-unsaturated/α-hetero) is 3. The molecule has 0 heterocycles. The van der Waals surface area contributed by atoms with Gasteiger partial charge in [0.15, 0.2) is 17.3 Å². The lowest BCUT2D eigenvalue weighted by Crippen LogP contribution is -2.12. The predicted octanol–water partition coefficient (Wildman–Crippen LogP) is 5.15. The second-order valence-electron chi connectivity index (χ2n) is 7.94. The third-order valence-electron chi connectivity index (χ3n) is 5.46. The van der Waals surface area contributed by atoms with Crippen LogP contribution in [0.5, 0.6) is 5.75 Å². The lowest BCUT2D eigenvalue weighted by atomic mass is 9.93. The van der Waals surface area contributed by atoms with Crippen molar-refractivity contribution in [1.29, 1.82) is 0 Å². The standard InChI is InChI=1S/C29H26O6/c1-19(30)22-10-6-8-20(14-22)16-24(18-27(32)25-12-4-5-13-28(25)34-2)26(31)17-21-9-7-11-23(15-21)29(33)35-3/h4-16H,17-18H2,1-3H3/b24-16-. The molecule has 0 atom stereocenters. The van der Waals surface area contributed by atoms with Gasteiger partial charge >= 0.3 is 5.97 Å². The molecule has 0 aromatic heterocycles. The van der Waals surface area contributed by atoms with Crippen molar-refractivity contribution in [3.05, 3.63) is 106 Å². The van der Waals surface area contributed by atoms with E-state index in [0.717, 1.165) is 0 Å². The maximum atomic E-state index is 13.4. The predicted molar refractivity (Wildman–Crippen MR) is 133 cm³/mol. The molecule has 0 bridgehead atoms. The molecule has 6 nitrogen and oxygen atoms in total. The highest BCUT2D eigenvalue weighted by atomic mass is 16.5. The van der Waals surface area contributed by atoms with Crippen molar-refractivity contribution in [1.82, 2.24) is 0 Å². The first kappa shape index (κ1) is 25.3. The van der Waals surface area contributed by atoms with Crippen molar-refractivity contribution >= 4 is 29.4 Å². The molecular weight excluding hydrogens is 444 g/mol. The lowest BCUT2D eigenvalue weighted by molar-refractivity contribution is -0.115. The third kappa shape index (κ3) is 6.60. The molecule has 3 aromatic carbocycles. The number of hydrogen-bond acceptors (Lipinski definition) is 6. The number of methoxy groups -OCH3 is 2. The van der Waals surface area contributed by atoms with Crippen LogP contribution in [0.3, 0.4) is 0 Å². The lowest BCUT2D eigenvalue weighted by Gasteiger charge is -2.11. The summed E-state index contributed by atoms with van der Waals surface area (Å²) in [6.45, 7) is 1.47. The molecule has 0 fully saturated rings. The summed E-state index contributed by atoms with van der Waals surface area (Å²) in [7, 11) is 2.77. The van der Waals surface area contributed by atoms with Crippen LogP contribution in [0.4, 0.5) is 0 Å². The zero-order valence-corrected chi connectivity index (χ0v) is 19.9. The van der Waals surface area contributed by atoms with Crippen LogP contribution in [-0.2, 0) is 16.0 Å². The van der Waals surface area contributed by atoms with Crippen LogP contribution < -0.4 is 4.74 Å². The van der Waals surface area contributed by atoms with E-state index in [0.29, 0.717) is 33.6 Å². The van der Waals surface area contributed by atoms with Gasteiger partial charge in [0.05, 0.1) is 25.3 Å². The molecule has 0 aliphatic carbocycles. The zero-order chi connectivity index (χ0) is 25.4. The van der Waals surface area contributed by atoms with E-state index in [4.69, 9.17) is 9.47 Å². The number of para-hydroxylation sites is 1. The Labute approximate surface area is 204 Å². The van der Waals surface area contributed by atoms with Gasteiger partial charge in [-0.25, -0.2) is 4.79 Å². The highest BCUT2D eigenvalue weighted by Gasteiger charge is 2.19. The normalized spacial score (nSPS) is 11.0. The molecule has 3 aromatic rings. The van der Waals surface area contributed by atoms with Crippen molar-refractivity contribution in [3.8, 4) is 5.75 Å². The third-order valence-corrected chi connectivity index (χ3v) is 5.46. The molecule has 0 radical (unpaired) electrons. The molecule has 6 heteroatoms. The number of esters is 1. The summed E-state index contributed by atoms with van der Waals surface area (Å²) in [5.41, 5.74) is 2.75. The van der Waals surface area contributed by atoms with Crippen LogP contribution in [0.2, 0.25) is 0 Å². The van der Waals surface area contributed by atoms with Gasteiger partial charge in [0, 0.05) is 24.0 Å². The summed E-state index contributed by atoms with van der Waals surface area (Å²) >= 11 is 0. The van der Waals surface area contributed by atoms with Gasteiger partial charge < -0.3 is 9.47 Å². The van der Waals surface area contributed by atoms with E-state index >= 15 is 0 Å². The van der Waals surface area contributed by atoms with Gasteiger partial charge in [-0.3, -0.25) is 14.4 Å². The van der Waals surface area contributed by atoms with Gasteiger partial charge in [-0.15, -0.1) is 0 Å². The second-order valence-corrected chi connectivity index (χ2v) is 7.94. The summed E-state index contributed by atoms with van der Waals surface area (Å²) in [6.07, 6.45) is 1.47. The Bertz CT molecular complexity index is 1300. The van der Waals surface area contributed by atoms with E-state index in [1.165, 1.54) is 21.1 Å². The van der Waals surface area contributed by atoms with Gasteiger partial charge in [0.1, 0.15) is 5.75 Å². The second kappa shape index (κ2) is 11.7. The Morgan fingerprint density at radius 1 is 0.829 bits per heavy atom. The number of hydrogen-bond donors (Lipinski definition) is 0. The van der Waals surface area contributed by atoms with E-state index in [2.05, 4.69) is 0 Å². The van der Waals surface area contributed by atoms with Crippen LogP contribution >= 0.6 is 0 Å². The number of carbonyl (C=O) groups is 4. The number of carbonyl (C=O) groups excluding carboxylic acids is 4. The average Bonchev–Trinajstić information content (AvgIpc) is 2.87. The van der Waals surface area contributed by atoms with Gasteiger partial charge in [0.25, 0.3) is 0 Å². The molecule has 35 heavy (non-hydrogen) atoms. The molecule has 0 N–H and O–H groups in total. The number of rotatable bonds is 10. The van der Waals surface area contributed by atoms with E-state index in [-0.39, 0.29) is 35.8 Å². The summed E-state index contributed by atoms with van der Waals surface area (Å²) in [6, 6.07) is 20.3. The highest BCUT2D eigenvalue weighted by molar-refractivity contribution is 6.09. The van der Waals surface area contributed by atoms with Gasteiger partial charge in [0.2, 0.25) is 0 Å². The van der Waals surface area contributed by atoms with E-state index < -0.39 is 5.97 Å². The first-order valence-electron chi connectivity index (χ1n) is 11.0. The van der Waals surface area contributed by atoms with Crippen molar-refractivity contribution in [3.63, 3.8) is 0 Å². The average molecular weight is 471 g/mol. The first-order chi connectivity index (χ1) is 16.8. The Kier molecular flexibility index (Phi) is 8.46. The summed E-state index contributed by atoms with van der Waals surface area (Å²) in [5, 5.41) is 0. The van der Waals surface area contributed by atoms with Gasteiger partial charge in [-0.05, 0) is 54.5 Å². The highest BCUT2D eigenvalue weighted by Crippen LogP contribution is 2.23. The van der Waals surface area contributed by atoms with Crippen molar-refractivity contribution in [2.75, 3.05) is 14.2 Å². The Morgan fingerprint density at radius 2 is 1.54 bits per heavy atom. The molecule has 0 aliphatic heterocycles. The smallest absolute Gasteiger partial charge is 0.337 e. The fourth-order valence-corrected chi connectivity index (χ4v) is 3.65.